The van der Waals surface area contributed by atoms with Gasteiger partial charge in [-0.15, -0.1) is 5.10 Å². The van der Waals surface area contributed by atoms with Crippen molar-refractivity contribution in [3.63, 3.8) is 0 Å². The molecule has 0 saturated carbocycles. The molecule has 2 rings (SSSR count). The molecule has 0 spiro atoms. The van der Waals surface area contributed by atoms with E-state index in [-0.39, 0.29) is 12.5 Å². The Bertz CT molecular complexity index is 526. The van der Waals surface area contributed by atoms with Crippen LogP contribution in [0, 0.1) is 6.92 Å². The predicted molar refractivity (Wildman–Crippen MR) is 63.1 cm³/mol. The molecule has 0 aromatic carbocycles. The highest BCUT2D eigenvalue weighted by atomic mass is 79.9. The maximum Gasteiger partial charge on any atom is 0.246 e. The van der Waals surface area contributed by atoms with Crippen LogP contribution in [0.2, 0.25) is 0 Å². The second-order valence-electron chi connectivity index (χ2n) is 3.32. The topological polar surface area (TPSA) is 85.6 Å². The Hall–Kier alpha value is -1.83. The Morgan fingerprint density at radius 3 is 3.00 bits per heavy atom. The van der Waals surface area contributed by atoms with Crippen LogP contribution < -0.4 is 5.32 Å². The quantitative estimate of drug-likeness (QED) is 0.846. The Morgan fingerprint density at radius 1 is 1.53 bits per heavy atom. The summed E-state index contributed by atoms with van der Waals surface area (Å²) in [4.78, 5) is 15.8. The Morgan fingerprint density at radius 2 is 2.35 bits per heavy atom. The molecular weight excluding hydrogens is 288 g/mol. The first-order valence-corrected chi connectivity index (χ1v) is 5.58. The number of tetrazole rings is 1. The third-order valence-electron chi connectivity index (χ3n) is 2.02. The van der Waals surface area contributed by atoms with Gasteiger partial charge in [0.25, 0.3) is 0 Å². The standard InChI is InChI=1S/C9H9BrN6O/c1-6-7(2-3-8(10)12-6)13-9(17)4-16-5-11-14-15-16/h2-3,5H,4H2,1H3,(H,13,17). The fourth-order valence-electron chi connectivity index (χ4n) is 1.25. The van der Waals surface area contributed by atoms with E-state index in [2.05, 4.69) is 41.8 Å². The molecule has 17 heavy (non-hydrogen) atoms. The van der Waals surface area contributed by atoms with Crippen LogP contribution in [0.15, 0.2) is 23.1 Å². The monoisotopic (exact) mass is 296 g/mol. The van der Waals surface area contributed by atoms with E-state index in [1.54, 1.807) is 12.1 Å². The number of rotatable bonds is 3. The lowest BCUT2D eigenvalue weighted by Gasteiger charge is -2.07. The molecule has 8 heteroatoms. The summed E-state index contributed by atoms with van der Waals surface area (Å²) in [6, 6.07) is 3.55. The molecule has 0 aliphatic rings. The number of halogens is 1. The van der Waals surface area contributed by atoms with Crippen LogP contribution in [0.1, 0.15) is 5.69 Å². The van der Waals surface area contributed by atoms with Crippen molar-refractivity contribution in [3.8, 4) is 0 Å². The average molecular weight is 297 g/mol. The first kappa shape index (κ1) is 11.6. The van der Waals surface area contributed by atoms with E-state index in [0.29, 0.717) is 5.69 Å². The van der Waals surface area contributed by atoms with Crippen molar-refractivity contribution in [2.75, 3.05) is 5.32 Å². The molecule has 7 nitrogen and oxygen atoms in total. The summed E-state index contributed by atoms with van der Waals surface area (Å²) in [6.07, 6.45) is 1.38. The fraction of sp³-hybridized carbons (Fsp3) is 0.222. The molecule has 0 fully saturated rings. The summed E-state index contributed by atoms with van der Waals surface area (Å²) in [5.74, 6) is -0.204. The zero-order chi connectivity index (χ0) is 12.3. The van der Waals surface area contributed by atoms with E-state index < -0.39 is 0 Å². The van der Waals surface area contributed by atoms with Crippen molar-refractivity contribution < 1.29 is 4.79 Å². The Kier molecular flexibility index (Phi) is 3.43. The lowest BCUT2D eigenvalue weighted by Crippen LogP contribution is -2.19. The van der Waals surface area contributed by atoms with Crippen LogP contribution in [0.4, 0.5) is 5.69 Å². The number of carbonyl (C=O) groups excluding carboxylic acids is 1. The fourth-order valence-corrected chi connectivity index (χ4v) is 1.65. The van der Waals surface area contributed by atoms with Gasteiger partial charge >= 0.3 is 0 Å². The number of aromatic nitrogens is 5. The van der Waals surface area contributed by atoms with Crippen molar-refractivity contribution >= 4 is 27.5 Å². The second kappa shape index (κ2) is 5.00. The minimum atomic E-state index is -0.204. The van der Waals surface area contributed by atoms with Gasteiger partial charge in [-0.2, -0.15) is 0 Å². The number of nitrogens with zero attached hydrogens (tertiary/aromatic N) is 5. The second-order valence-corrected chi connectivity index (χ2v) is 4.14. The molecule has 0 radical (unpaired) electrons. The molecule has 0 aliphatic heterocycles. The van der Waals surface area contributed by atoms with Gasteiger partial charge in [0, 0.05) is 0 Å². The number of anilines is 1. The van der Waals surface area contributed by atoms with Gasteiger partial charge in [-0.25, -0.2) is 9.67 Å². The average Bonchev–Trinajstić information content (AvgIpc) is 2.75. The Balaban J connectivity index is 2.03. The molecule has 0 bridgehead atoms. The third kappa shape index (κ3) is 3.06. The SMILES string of the molecule is Cc1nc(Br)ccc1NC(=O)Cn1cnnn1. The largest absolute Gasteiger partial charge is 0.323 e. The molecule has 0 saturated heterocycles. The number of hydrogen-bond donors (Lipinski definition) is 1. The van der Waals surface area contributed by atoms with Crippen LogP contribution in [-0.2, 0) is 11.3 Å². The van der Waals surface area contributed by atoms with Gasteiger partial charge in [0.15, 0.2) is 0 Å². The summed E-state index contributed by atoms with van der Waals surface area (Å²) in [5.41, 5.74) is 1.41. The van der Waals surface area contributed by atoms with Gasteiger partial charge in [0.1, 0.15) is 17.5 Å². The van der Waals surface area contributed by atoms with Crippen molar-refractivity contribution in [1.29, 1.82) is 0 Å². The molecular formula is C9H9BrN6O. The summed E-state index contributed by atoms with van der Waals surface area (Å²) >= 11 is 3.26. The smallest absolute Gasteiger partial charge is 0.246 e. The molecule has 88 valence electrons. The van der Waals surface area contributed by atoms with Crippen molar-refractivity contribution in [1.82, 2.24) is 25.2 Å². The van der Waals surface area contributed by atoms with Crippen LogP contribution in [-0.4, -0.2) is 31.1 Å². The number of aryl methyl sites for hydroxylation is 1. The van der Waals surface area contributed by atoms with Crippen LogP contribution in [0.3, 0.4) is 0 Å². The van der Waals surface area contributed by atoms with Crippen LogP contribution in [0.25, 0.3) is 0 Å². The zero-order valence-electron chi connectivity index (χ0n) is 8.96. The van der Waals surface area contributed by atoms with E-state index in [0.717, 1.165) is 10.3 Å². The first-order chi connectivity index (χ1) is 8.15. The Labute approximate surface area is 105 Å². The number of hydrogen-bond acceptors (Lipinski definition) is 5. The number of nitrogens with one attached hydrogen (secondary N) is 1. The van der Waals surface area contributed by atoms with Gasteiger partial charge in [0.2, 0.25) is 5.91 Å². The minimum absolute atomic E-state index is 0.0719. The predicted octanol–water partition coefficient (Wildman–Crippen LogP) is 0.778. The van der Waals surface area contributed by atoms with Gasteiger partial charge in [0.05, 0.1) is 11.4 Å². The van der Waals surface area contributed by atoms with Crippen LogP contribution >= 0.6 is 15.9 Å². The summed E-state index contributed by atoms with van der Waals surface area (Å²) in [6.45, 7) is 1.89. The van der Waals surface area contributed by atoms with Crippen molar-refractivity contribution in [3.05, 3.63) is 28.8 Å². The molecule has 2 aromatic heterocycles. The van der Waals surface area contributed by atoms with Crippen molar-refractivity contribution in [2.45, 2.75) is 13.5 Å². The summed E-state index contributed by atoms with van der Waals surface area (Å²) in [5, 5.41) is 13.2. The van der Waals surface area contributed by atoms with E-state index in [1.165, 1.54) is 11.0 Å². The van der Waals surface area contributed by atoms with Crippen molar-refractivity contribution in [2.24, 2.45) is 0 Å². The van der Waals surface area contributed by atoms with Gasteiger partial charge < -0.3 is 5.32 Å². The molecule has 0 unspecified atom stereocenters. The lowest BCUT2D eigenvalue weighted by atomic mass is 10.3. The van der Waals surface area contributed by atoms with Gasteiger partial charge in [-0.3, -0.25) is 4.79 Å². The molecule has 1 amide bonds. The maximum atomic E-state index is 11.6. The number of amides is 1. The highest BCUT2D eigenvalue weighted by Crippen LogP contribution is 2.15. The zero-order valence-corrected chi connectivity index (χ0v) is 10.5. The highest BCUT2D eigenvalue weighted by Gasteiger charge is 2.07. The number of pyridine rings is 1. The number of carbonyl (C=O) groups is 1. The van der Waals surface area contributed by atoms with Crippen LogP contribution in [0.5, 0.6) is 0 Å². The van der Waals surface area contributed by atoms with Gasteiger partial charge in [-0.1, -0.05) is 0 Å². The van der Waals surface area contributed by atoms with E-state index >= 15 is 0 Å². The molecule has 0 atom stereocenters. The summed E-state index contributed by atoms with van der Waals surface area (Å²) < 4.78 is 2.07. The van der Waals surface area contributed by atoms with E-state index in [9.17, 15) is 4.79 Å². The molecule has 1 N–H and O–H groups in total. The maximum absolute atomic E-state index is 11.6. The van der Waals surface area contributed by atoms with Gasteiger partial charge in [-0.05, 0) is 45.4 Å². The summed E-state index contributed by atoms with van der Waals surface area (Å²) in [7, 11) is 0. The lowest BCUT2D eigenvalue weighted by molar-refractivity contribution is -0.116. The minimum Gasteiger partial charge on any atom is -0.323 e. The van der Waals surface area contributed by atoms with E-state index in [4.69, 9.17) is 0 Å². The third-order valence-corrected chi connectivity index (χ3v) is 2.46. The van der Waals surface area contributed by atoms with E-state index in [1.807, 2.05) is 6.92 Å². The molecule has 2 aromatic rings. The molecule has 2 heterocycles. The first-order valence-electron chi connectivity index (χ1n) is 4.79. The normalized spacial score (nSPS) is 10.2. The molecule has 0 aliphatic carbocycles. The highest BCUT2D eigenvalue weighted by molar-refractivity contribution is 9.10.